The highest BCUT2D eigenvalue weighted by molar-refractivity contribution is 6.31. The van der Waals surface area contributed by atoms with Crippen molar-refractivity contribution in [3.05, 3.63) is 40.9 Å². The standard InChI is InChI=1S/C13H11ClF3N3O/c1-21-12-10(18)2-3-11(20-12)19-9-5-7(13(15,16)17)4-8(14)6-9/h2-6H,18H2,1H3,(H,19,20). The molecule has 2 aromatic rings. The van der Waals surface area contributed by atoms with E-state index in [1.54, 1.807) is 0 Å². The summed E-state index contributed by atoms with van der Waals surface area (Å²) in [5.41, 5.74) is 5.25. The van der Waals surface area contributed by atoms with Crippen molar-refractivity contribution in [1.29, 1.82) is 0 Å². The zero-order valence-electron chi connectivity index (χ0n) is 10.8. The third-order valence-corrected chi connectivity index (χ3v) is 2.80. The average Bonchev–Trinajstić information content (AvgIpc) is 2.39. The molecule has 0 aliphatic rings. The molecular formula is C13H11ClF3N3O. The van der Waals surface area contributed by atoms with E-state index in [1.807, 2.05) is 0 Å². The third-order valence-electron chi connectivity index (χ3n) is 2.58. The number of aromatic nitrogens is 1. The zero-order chi connectivity index (χ0) is 15.6. The van der Waals surface area contributed by atoms with Crippen LogP contribution in [0.2, 0.25) is 5.02 Å². The van der Waals surface area contributed by atoms with Crippen LogP contribution in [0.5, 0.6) is 5.88 Å². The van der Waals surface area contributed by atoms with Crippen LogP contribution in [0, 0.1) is 0 Å². The number of pyridine rings is 1. The van der Waals surface area contributed by atoms with Crippen molar-refractivity contribution in [3.63, 3.8) is 0 Å². The average molecular weight is 318 g/mol. The summed E-state index contributed by atoms with van der Waals surface area (Å²) in [4.78, 5) is 4.02. The number of ether oxygens (including phenoxy) is 1. The summed E-state index contributed by atoms with van der Waals surface area (Å²) in [6, 6.07) is 6.21. The summed E-state index contributed by atoms with van der Waals surface area (Å²) in [6.07, 6.45) is -4.48. The third kappa shape index (κ3) is 3.69. The van der Waals surface area contributed by atoms with E-state index >= 15 is 0 Å². The number of hydrogen-bond acceptors (Lipinski definition) is 4. The monoisotopic (exact) mass is 317 g/mol. The Hall–Kier alpha value is -2.15. The first-order valence-electron chi connectivity index (χ1n) is 5.75. The zero-order valence-corrected chi connectivity index (χ0v) is 11.6. The summed E-state index contributed by atoms with van der Waals surface area (Å²) in [7, 11) is 1.39. The number of nitrogen functional groups attached to an aromatic ring is 1. The van der Waals surface area contributed by atoms with Crippen LogP contribution in [0.4, 0.5) is 30.4 Å². The molecule has 2 rings (SSSR count). The Morgan fingerprint density at radius 1 is 1.24 bits per heavy atom. The van der Waals surface area contributed by atoms with Crippen LogP contribution < -0.4 is 15.8 Å². The number of nitrogens with zero attached hydrogens (tertiary/aromatic N) is 1. The van der Waals surface area contributed by atoms with Gasteiger partial charge < -0.3 is 15.8 Å². The van der Waals surface area contributed by atoms with Crippen molar-refractivity contribution < 1.29 is 17.9 Å². The van der Waals surface area contributed by atoms with E-state index in [-0.39, 0.29) is 22.4 Å². The quantitative estimate of drug-likeness (QED) is 0.895. The van der Waals surface area contributed by atoms with Gasteiger partial charge in [-0.3, -0.25) is 0 Å². The van der Waals surface area contributed by atoms with E-state index in [4.69, 9.17) is 22.1 Å². The molecule has 0 spiro atoms. The second-order valence-electron chi connectivity index (χ2n) is 4.15. The lowest BCUT2D eigenvalue weighted by atomic mass is 10.2. The summed E-state index contributed by atoms with van der Waals surface area (Å²) >= 11 is 5.70. The van der Waals surface area contributed by atoms with E-state index in [0.717, 1.165) is 12.1 Å². The number of anilines is 3. The Kier molecular flexibility index (Phi) is 4.13. The Bertz CT molecular complexity index is 662. The minimum atomic E-state index is -4.48. The van der Waals surface area contributed by atoms with Crippen LogP contribution in [-0.4, -0.2) is 12.1 Å². The normalized spacial score (nSPS) is 11.3. The molecule has 0 saturated heterocycles. The van der Waals surface area contributed by atoms with Crippen LogP contribution in [-0.2, 0) is 6.18 Å². The number of hydrogen-bond donors (Lipinski definition) is 2. The van der Waals surface area contributed by atoms with Crippen molar-refractivity contribution in [1.82, 2.24) is 4.98 Å². The van der Waals surface area contributed by atoms with Gasteiger partial charge in [0, 0.05) is 10.7 Å². The van der Waals surface area contributed by atoms with Gasteiger partial charge in [-0.1, -0.05) is 11.6 Å². The molecule has 0 bridgehead atoms. The molecule has 0 aliphatic carbocycles. The Balaban J connectivity index is 2.33. The summed E-state index contributed by atoms with van der Waals surface area (Å²) in [6.45, 7) is 0. The fourth-order valence-corrected chi connectivity index (χ4v) is 1.89. The van der Waals surface area contributed by atoms with Crippen LogP contribution >= 0.6 is 11.6 Å². The first-order chi connectivity index (χ1) is 9.79. The molecule has 0 fully saturated rings. The Morgan fingerprint density at radius 2 is 1.95 bits per heavy atom. The number of nitrogens with one attached hydrogen (secondary N) is 1. The predicted molar refractivity (Wildman–Crippen MR) is 74.9 cm³/mol. The summed E-state index contributed by atoms with van der Waals surface area (Å²) in [5, 5.41) is 2.70. The van der Waals surface area contributed by atoms with Gasteiger partial charge in [-0.25, -0.2) is 0 Å². The van der Waals surface area contributed by atoms with Crippen molar-refractivity contribution in [3.8, 4) is 5.88 Å². The SMILES string of the molecule is COc1nc(Nc2cc(Cl)cc(C(F)(F)F)c2)ccc1N. The molecule has 1 heterocycles. The predicted octanol–water partition coefficient (Wildman–Crippen LogP) is 4.09. The second-order valence-corrected chi connectivity index (χ2v) is 4.58. The molecule has 0 amide bonds. The number of methoxy groups -OCH3 is 1. The van der Waals surface area contributed by atoms with Gasteiger partial charge in [0.15, 0.2) is 0 Å². The molecule has 1 aromatic heterocycles. The highest BCUT2D eigenvalue weighted by atomic mass is 35.5. The van der Waals surface area contributed by atoms with Gasteiger partial charge in [0.05, 0.1) is 18.4 Å². The maximum atomic E-state index is 12.7. The van der Waals surface area contributed by atoms with Crippen LogP contribution in [0.3, 0.4) is 0 Å². The molecule has 0 saturated carbocycles. The number of halogens is 4. The van der Waals surface area contributed by atoms with Crippen LogP contribution in [0.25, 0.3) is 0 Å². The topological polar surface area (TPSA) is 60.2 Å². The number of rotatable bonds is 3. The first-order valence-corrected chi connectivity index (χ1v) is 6.12. The van der Waals surface area contributed by atoms with Gasteiger partial charge in [0.1, 0.15) is 5.82 Å². The van der Waals surface area contributed by atoms with E-state index < -0.39 is 11.7 Å². The Morgan fingerprint density at radius 3 is 2.57 bits per heavy atom. The van der Waals surface area contributed by atoms with Crippen molar-refractivity contribution >= 4 is 28.8 Å². The minimum absolute atomic E-state index is 0.0327. The molecular weight excluding hydrogens is 307 g/mol. The molecule has 1 aromatic carbocycles. The smallest absolute Gasteiger partial charge is 0.416 e. The summed E-state index contributed by atoms with van der Waals surface area (Å²) in [5.74, 6) is 0.467. The van der Waals surface area contributed by atoms with Crippen molar-refractivity contribution in [2.45, 2.75) is 6.18 Å². The van der Waals surface area contributed by atoms with Crippen molar-refractivity contribution in [2.24, 2.45) is 0 Å². The molecule has 0 unspecified atom stereocenters. The molecule has 0 aliphatic heterocycles. The fraction of sp³-hybridized carbons (Fsp3) is 0.154. The van der Waals surface area contributed by atoms with E-state index in [1.165, 1.54) is 25.3 Å². The lowest BCUT2D eigenvalue weighted by Gasteiger charge is -2.12. The highest BCUT2D eigenvalue weighted by Crippen LogP contribution is 2.34. The first kappa shape index (κ1) is 15.2. The second kappa shape index (κ2) is 5.69. The molecule has 0 atom stereocenters. The summed E-state index contributed by atoms with van der Waals surface area (Å²) < 4.78 is 43.1. The highest BCUT2D eigenvalue weighted by Gasteiger charge is 2.31. The number of alkyl halides is 3. The fourth-order valence-electron chi connectivity index (χ4n) is 1.66. The van der Waals surface area contributed by atoms with Gasteiger partial charge in [-0.05, 0) is 30.3 Å². The van der Waals surface area contributed by atoms with Gasteiger partial charge >= 0.3 is 6.18 Å². The largest absolute Gasteiger partial charge is 0.479 e. The number of nitrogens with two attached hydrogens (primary N) is 1. The van der Waals surface area contributed by atoms with Crippen molar-refractivity contribution in [2.75, 3.05) is 18.2 Å². The molecule has 0 radical (unpaired) electrons. The van der Waals surface area contributed by atoms with Gasteiger partial charge in [0.2, 0.25) is 5.88 Å². The molecule has 112 valence electrons. The Labute approximate surface area is 123 Å². The minimum Gasteiger partial charge on any atom is -0.479 e. The molecule has 3 N–H and O–H groups in total. The van der Waals surface area contributed by atoms with Gasteiger partial charge in [-0.2, -0.15) is 18.2 Å². The number of benzene rings is 1. The van der Waals surface area contributed by atoms with Gasteiger partial charge in [0.25, 0.3) is 0 Å². The van der Waals surface area contributed by atoms with E-state index in [2.05, 4.69) is 10.3 Å². The molecule has 4 nitrogen and oxygen atoms in total. The van der Waals surface area contributed by atoms with E-state index in [0.29, 0.717) is 5.69 Å². The van der Waals surface area contributed by atoms with E-state index in [9.17, 15) is 13.2 Å². The lowest BCUT2D eigenvalue weighted by Crippen LogP contribution is -2.06. The van der Waals surface area contributed by atoms with Crippen LogP contribution in [0.1, 0.15) is 5.56 Å². The molecule has 8 heteroatoms. The van der Waals surface area contributed by atoms with Crippen LogP contribution in [0.15, 0.2) is 30.3 Å². The lowest BCUT2D eigenvalue weighted by molar-refractivity contribution is -0.137. The van der Waals surface area contributed by atoms with Gasteiger partial charge in [-0.15, -0.1) is 0 Å². The maximum absolute atomic E-state index is 12.7. The molecule has 21 heavy (non-hydrogen) atoms. The maximum Gasteiger partial charge on any atom is 0.416 e.